The normalized spacial score (nSPS) is 10.1. The van der Waals surface area contributed by atoms with Crippen LogP contribution < -0.4 is 10.6 Å². The lowest BCUT2D eigenvalue weighted by molar-refractivity contribution is 0.252. The minimum Gasteiger partial charge on any atom is -0.337 e. The summed E-state index contributed by atoms with van der Waals surface area (Å²) in [5.41, 5.74) is 2.85. The fourth-order valence-corrected chi connectivity index (χ4v) is 2.33. The first-order valence-corrected chi connectivity index (χ1v) is 7.15. The Balaban J connectivity index is 1.81. The van der Waals surface area contributed by atoms with Crippen molar-refractivity contribution in [2.45, 2.75) is 13.3 Å². The predicted molar refractivity (Wildman–Crippen MR) is 83.8 cm³/mol. The Labute approximate surface area is 126 Å². The van der Waals surface area contributed by atoms with E-state index in [1.165, 1.54) is 0 Å². The lowest BCUT2D eigenvalue weighted by Gasteiger charge is -2.09. The van der Waals surface area contributed by atoms with Crippen molar-refractivity contribution in [3.05, 3.63) is 58.3 Å². The van der Waals surface area contributed by atoms with Crippen LogP contribution in [0.15, 0.2) is 47.1 Å². The van der Waals surface area contributed by atoms with Gasteiger partial charge in [0.25, 0.3) is 0 Å². The Hall–Kier alpha value is -1.88. The largest absolute Gasteiger partial charge is 0.337 e. The van der Waals surface area contributed by atoms with Gasteiger partial charge in [0.05, 0.1) is 5.69 Å². The predicted octanol–water partition coefficient (Wildman–Crippen LogP) is 3.52. The quantitative estimate of drug-likeness (QED) is 0.899. The van der Waals surface area contributed by atoms with Crippen LogP contribution in [-0.2, 0) is 6.42 Å². The number of carbonyl (C=O) groups excluding carboxylic acids is 1. The maximum absolute atomic E-state index is 11.8. The SMILES string of the molecule is Cc1ccc(NC(=O)NCCc2ccccn2)c(Br)c1. The number of nitrogens with zero attached hydrogens (tertiary/aromatic N) is 1. The number of aromatic nitrogens is 1. The fourth-order valence-electron chi connectivity index (χ4n) is 1.74. The zero-order valence-electron chi connectivity index (χ0n) is 11.2. The Morgan fingerprint density at radius 1 is 1.30 bits per heavy atom. The van der Waals surface area contributed by atoms with Gasteiger partial charge in [0.1, 0.15) is 0 Å². The number of pyridine rings is 1. The van der Waals surface area contributed by atoms with Crippen molar-refractivity contribution in [1.29, 1.82) is 0 Å². The summed E-state index contributed by atoms with van der Waals surface area (Å²) in [7, 11) is 0. The van der Waals surface area contributed by atoms with E-state index in [-0.39, 0.29) is 6.03 Å². The zero-order chi connectivity index (χ0) is 14.4. The van der Waals surface area contributed by atoms with E-state index in [1.807, 2.05) is 43.3 Å². The van der Waals surface area contributed by atoms with Crippen LogP contribution in [0, 0.1) is 6.92 Å². The van der Waals surface area contributed by atoms with Gasteiger partial charge in [-0.25, -0.2) is 4.79 Å². The van der Waals surface area contributed by atoms with Crippen LogP contribution >= 0.6 is 15.9 Å². The van der Waals surface area contributed by atoms with Gasteiger partial charge in [0, 0.05) is 29.3 Å². The summed E-state index contributed by atoms with van der Waals surface area (Å²) >= 11 is 3.43. The van der Waals surface area contributed by atoms with Gasteiger partial charge in [-0.05, 0) is 52.7 Å². The number of halogens is 1. The molecule has 0 unspecified atom stereocenters. The molecule has 1 aromatic heterocycles. The Morgan fingerprint density at radius 3 is 2.85 bits per heavy atom. The number of nitrogens with one attached hydrogen (secondary N) is 2. The molecule has 2 aromatic rings. The molecule has 5 heteroatoms. The molecule has 4 nitrogen and oxygen atoms in total. The lowest BCUT2D eigenvalue weighted by atomic mass is 10.2. The summed E-state index contributed by atoms with van der Waals surface area (Å²) in [4.78, 5) is 16.0. The summed E-state index contributed by atoms with van der Waals surface area (Å²) in [6.07, 6.45) is 2.46. The maximum Gasteiger partial charge on any atom is 0.319 e. The summed E-state index contributed by atoms with van der Waals surface area (Å²) in [5, 5.41) is 5.62. The average Bonchev–Trinajstić information content (AvgIpc) is 2.43. The highest BCUT2D eigenvalue weighted by molar-refractivity contribution is 9.10. The molecule has 2 amide bonds. The van der Waals surface area contributed by atoms with Crippen LogP contribution in [0.25, 0.3) is 0 Å². The first-order valence-electron chi connectivity index (χ1n) is 6.36. The number of urea groups is 1. The van der Waals surface area contributed by atoms with Gasteiger partial charge < -0.3 is 10.6 Å². The van der Waals surface area contributed by atoms with E-state index >= 15 is 0 Å². The minimum absolute atomic E-state index is 0.217. The van der Waals surface area contributed by atoms with Crippen molar-refractivity contribution in [3.8, 4) is 0 Å². The van der Waals surface area contributed by atoms with E-state index in [4.69, 9.17) is 0 Å². The van der Waals surface area contributed by atoms with Crippen molar-refractivity contribution in [3.63, 3.8) is 0 Å². The van der Waals surface area contributed by atoms with Crippen LogP contribution in [0.1, 0.15) is 11.3 Å². The average molecular weight is 334 g/mol. The molecule has 0 saturated carbocycles. The summed E-state index contributed by atoms with van der Waals surface area (Å²) in [5.74, 6) is 0. The van der Waals surface area contributed by atoms with Crippen LogP contribution in [-0.4, -0.2) is 17.6 Å². The number of aryl methyl sites for hydroxylation is 1. The van der Waals surface area contributed by atoms with E-state index in [9.17, 15) is 4.79 Å². The van der Waals surface area contributed by atoms with E-state index in [1.54, 1.807) is 6.20 Å². The Bertz CT molecular complexity index is 587. The maximum atomic E-state index is 11.8. The van der Waals surface area contributed by atoms with Gasteiger partial charge in [0.15, 0.2) is 0 Å². The van der Waals surface area contributed by atoms with Crippen molar-refractivity contribution >= 4 is 27.6 Å². The van der Waals surface area contributed by atoms with E-state index in [0.717, 1.165) is 21.4 Å². The molecule has 0 radical (unpaired) electrons. The monoisotopic (exact) mass is 333 g/mol. The second-order valence-corrected chi connectivity index (χ2v) is 5.29. The van der Waals surface area contributed by atoms with Crippen molar-refractivity contribution < 1.29 is 4.79 Å². The number of carbonyl (C=O) groups is 1. The third-order valence-electron chi connectivity index (χ3n) is 2.77. The molecule has 0 atom stereocenters. The standard InChI is InChI=1S/C15H16BrN3O/c1-11-5-6-14(13(16)10-11)19-15(20)18-9-7-12-4-2-3-8-17-12/h2-6,8,10H,7,9H2,1H3,(H2,18,19,20). The van der Waals surface area contributed by atoms with Gasteiger partial charge in [-0.3, -0.25) is 4.98 Å². The Kier molecular flexibility index (Phi) is 5.12. The molecule has 2 rings (SSSR count). The van der Waals surface area contributed by atoms with Crippen LogP contribution in [0.4, 0.5) is 10.5 Å². The van der Waals surface area contributed by atoms with Crippen molar-refractivity contribution in [2.75, 3.05) is 11.9 Å². The van der Waals surface area contributed by atoms with E-state index in [2.05, 4.69) is 31.5 Å². The first kappa shape index (κ1) is 14.5. The summed E-state index contributed by atoms with van der Waals surface area (Å²) in [6, 6.07) is 11.3. The van der Waals surface area contributed by atoms with Crippen LogP contribution in [0.3, 0.4) is 0 Å². The van der Waals surface area contributed by atoms with E-state index < -0.39 is 0 Å². The number of anilines is 1. The highest BCUT2D eigenvalue weighted by atomic mass is 79.9. The number of hydrogen-bond donors (Lipinski definition) is 2. The van der Waals surface area contributed by atoms with Gasteiger partial charge in [-0.15, -0.1) is 0 Å². The zero-order valence-corrected chi connectivity index (χ0v) is 12.8. The first-order chi connectivity index (χ1) is 9.65. The fraction of sp³-hybridized carbons (Fsp3) is 0.200. The van der Waals surface area contributed by atoms with Gasteiger partial charge in [-0.1, -0.05) is 12.1 Å². The second-order valence-electron chi connectivity index (χ2n) is 4.44. The van der Waals surface area contributed by atoms with Gasteiger partial charge in [-0.2, -0.15) is 0 Å². The third kappa shape index (κ3) is 4.35. The molecular weight excluding hydrogens is 318 g/mol. The number of rotatable bonds is 4. The molecule has 20 heavy (non-hydrogen) atoms. The number of hydrogen-bond acceptors (Lipinski definition) is 2. The van der Waals surface area contributed by atoms with Crippen molar-refractivity contribution in [1.82, 2.24) is 10.3 Å². The topological polar surface area (TPSA) is 54.0 Å². The lowest BCUT2D eigenvalue weighted by Crippen LogP contribution is -2.30. The molecule has 1 aromatic carbocycles. The molecule has 2 N–H and O–H groups in total. The molecule has 0 aliphatic rings. The summed E-state index contributed by atoms with van der Waals surface area (Å²) in [6.45, 7) is 2.55. The Morgan fingerprint density at radius 2 is 2.15 bits per heavy atom. The van der Waals surface area contributed by atoms with Crippen molar-refractivity contribution in [2.24, 2.45) is 0 Å². The highest BCUT2D eigenvalue weighted by Crippen LogP contribution is 2.23. The summed E-state index contributed by atoms with van der Waals surface area (Å²) < 4.78 is 0.873. The van der Waals surface area contributed by atoms with Gasteiger partial charge in [0.2, 0.25) is 0 Å². The third-order valence-corrected chi connectivity index (χ3v) is 3.42. The molecule has 104 valence electrons. The molecule has 1 heterocycles. The second kappa shape index (κ2) is 7.05. The van der Waals surface area contributed by atoms with Crippen LogP contribution in [0.5, 0.6) is 0 Å². The molecule has 0 saturated heterocycles. The molecule has 0 fully saturated rings. The molecular formula is C15H16BrN3O. The molecule has 0 aliphatic carbocycles. The number of benzene rings is 1. The highest BCUT2D eigenvalue weighted by Gasteiger charge is 2.05. The van der Waals surface area contributed by atoms with Gasteiger partial charge >= 0.3 is 6.03 Å². The van der Waals surface area contributed by atoms with Crippen LogP contribution in [0.2, 0.25) is 0 Å². The van der Waals surface area contributed by atoms with E-state index in [0.29, 0.717) is 13.0 Å². The molecule has 0 aliphatic heterocycles. The smallest absolute Gasteiger partial charge is 0.319 e. The number of amides is 2. The minimum atomic E-state index is -0.217. The molecule has 0 spiro atoms. The molecule has 0 bridgehead atoms.